The average molecular weight is 250 g/mol. The molecule has 0 nitrogen and oxygen atoms in total. The van der Waals surface area contributed by atoms with Gasteiger partial charge in [-0.2, -0.15) is 0 Å². The first-order valence-electron chi connectivity index (χ1n) is 8.69. The first kappa shape index (κ1) is 14.4. The van der Waals surface area contributed by atoms with Gasteiger partial charge in [-0.15, -0.1) is 0 Å². The van der Waals surface area contributed by atoms with Gasteiger partial charge >= 0.3 is 0 Å². The molecular weight excluding hydrogens is 216 g/mol. The summed E-state index contributed by atoms with van der Waals surface area (Å²) in [6, 6.07) is 0. The Morgan fingerprint density at radius 3 is 2.11 bits per heavy atom. The highest BCUT2D eigenvalue weighted by Crippen LogP contribution is 2.40. The summed E-state index contributed by atoms with van der Waals surface area (Å²) in [7, 11) is 0. The molecule has 0 saturated heterocycles. The van der Waals surface area contributed by atoms with Crippen molar-refractivity contribution in [3.8, 4) is 0 Å². The Balaban J connectivity index is 1.80. The normalized spacial score (nSPS) is 42.5. The Labute approximate surface area is 115 Å². The molecular formula is C18H34. The molecule has 2 aliphatic rings. The van der Waals surface area contributed by atoms with E-state index in [1.54, 1.807) is 19.3 Å². The van der Waals surface area contributed by atoms with E-state index in [1.807, 2.05) is 0 Å². The minimum atomic E-state index is 0.971. The summed E-state index contributed by atoms with van der Waals surface area (Å²) < 4.78 is 0. The molecule has 0 amide bonds. The molecule has 0 aromatic heterocycles. The van der Waals surface area contributed by atoms with Crippen LogP contribution in [0, 0.1) is 29.6 Å². The van der Waals surface area contributed by atoms with E-state index in [9.17, 15) is 0 Å². The van der Waals surface area contributed by atoms with Crippen molar-refractivity contribution in [2.45, 2.75) is 85.0 Å². The predicted molar refractivity (Wildman–Crippen MR) is 80.6 cm³/mol. The molecule has 18 heavy (non-hydrogen) atoms. The molecule has 0 heterocycles. The van der Waals surface area contributed by atoms with Gasteiger partial charge in [0.15, 0.2) is 0 Å². The summed E-state index contributed by atoms with van der Waals surface area (Å²) in [5.74, 6) is 5.16. The van der Waals surface area contributed by atoms with E-state index in [1.165, 1.54) is 44.9 Å². The van der Waals surface area contributed by atoms with Crippen LogP contribution in [-0.2, 0) is 0 Å². The maximum Gasteiger partial charge on any atom is -0.0409 e. The molecule has 0 heteroatoms. The van der Waals surface area contributed by atoms with Crippen LogP contribution in [0.25, 0.3) is 0 Å². The third-order valence-corrected chi connectivity index (χ3v) is 6.09. The average Bonchev–Trinajstić information content (AvgIpc) is 2.80. The van der Waals surface area contributed by atoms with Gasteiger partial charge in [0.25, 0.3) is 0 Å². The Kier molecular flexibility index (Phi) is 5.57. The van der Waals surface area contributed by atoms with E-state index >= 15 is 0 Å². The van der Waals surface area contributed by atoms with Crippen molar-refractivity contribution in [1.29, 1.82) is 0 Å². The number of hydrogen-bond acceptors (Lipinski definition) is 0. The van der Waals surface area contributed by atoms with Crippen LogP contribution in [0.15, 0.2) is 0 Å². The molecule has 0 spiro atoms. The van der Waals surface area contributed by atoms with Crippen molar-refractivity contribution >= 4 is 0 Å². The van der Waals surface area contributed by atoms with E-state index in [0.29, 0.717) is 0 Å². The second-order valence-electron chi connectivity index (χ2n) is 7.53. The highest BCUT2D eigenvalue weighted by Gasteiger charge is 2.28. The number of hydrogen-bond donors (Lipinski definition) is 0. The maximum absolute atomic E-state index is 2.51. The van der Waals surface area contributed by atoms with Gasteiger partial charge in [0.1, 0.15) is 0 Å². The third kappa shape index (κ3) is 4.00. The molecule has 5 unspecified atom stereocenters. The summed E-state index contributed by atoms with van der Waals surface area (Å²) in [5, 5.41) is 0. The highest BCUT2D eigenvalue weighted by molar-refractivity contribution is 4.79. The van der Waals surface area contributed by atoms with Crippen molar-refractivity contribution < 1.29 is 0 Å². The quantitative estimate of drug-likeness (QED) is 0.571. The zero-order chi connectivity index (χ0) is 13.0. The monoisotopic (exact) mass is 250 g/mol. The largest absolute Gasteiger partial charge is 0.0651 e. The van der Waals surface area contributed by atoms with Crippen molar-refractivity contribution in [1.82, 2.24) is 0 Å². The summed E-state index contributed by atoms with van der Waals surface area (Å²) in [6.07, 6.45) is 15.1. The first-order chi connectivity index (χ1) is 8.69. The van der Waals surface area contributed by atoms with Gasteiger partial charge in [-0.1, -0.05) is 65.7 Å². The fraction of sp³-hybridized carbons (Fsp3) is 1.00. The van der Waals surface area contributed by atoms with Crippen molar-refractivity contribution in [2.75, 3.05) is 0 Å². The van der Waals surface area contributed by atoms with Crippen molar-refractivity contribution in [2.24, 2.45) is 29.6 Å². The lowest BCUT2D eigenvalue weighted by Gasteiger charge is -2.30. The van der Waals surface area contributed by atoms with Gasteiger partial charge in [-0.25, -0.2) is 0 Å². The number of rotatable bonds is 3. The second-order valence-corrected chi connectivity index (χ2v) is 7.53. The van der Waals surface area contributed by atoms with Gasteiger partial charge in [0.2, 0.25) is 0 Å². The van der Waals surface area contributed by atoms with Crippen molar-refractivity contribution in [3.05, 3.63) is 0 Å². The van der Waals surface area contributed by atoms with E-state index in [-0.39, 0.29) is 0 Å². The van der Waals surface area contributed by atoms with Crippen LogP contribution < -0.4 is 0 Å². The molecule has 0 N–H and O–H groups in total. The molecule has 2 rings (SSSR count). The van der Waals surface area contributed by atoms with Crippen LogP contribution >= 0.6 is 0 Å². The Morgan fingerprint density at radius 1 is 0.722 bits per heavy atom. The van der Waals surface area contributed by atoms with Gasteiger partial charge in [-0.3, -0.25) is 0 Å². The topological polar surface area (TPSA) is 0 Å². The van der Waals surface area contributed by atoms with Gasteiger partial charge in [-0.05, 0) is 48.9 Å². The minimum Gasteiger partial charge on any atom is -0.0651 e. The summed E-state index contributed by atoms with van der Waals surface area (Å²) in [4.78, 5) is 0. The molecule has 0 aromatic carbocycles. The highest BCUT2D eigenvalue weighted by atomic mass is 14.3. The van der Waals surface area contributed by atoms with E-state index in [4.69, 9.17) is 0 Å². The van der Waals surface area contributed by atoms with Gasteiger partial charge in [0, 0.05) is 0 Å². The Hall–Kier alpha value is 0. The smallest absolute Gasteiger partial charge is 0.0409 e. The molecule has 2 saturated carbocycles. The van der Waals surface area contributed by atoms with E-state index < -0.39 is 0 Å². The lowest BCUT2D eigenvalue weighted by molar-refractivity contribution is 0.217. The fourth-order valence-corrected chi connectivity index (χ4v) is 4.51. The lowest BCUT2D eigenvalue weighted by atomic mass is 9.76. The molecule has 0 bridgehead atoms. The van der Waals surface area contributed by atoms with Crippen LogP contribution in [0.3, 0.4) is 0 Å². The fourth-order valence-electron chi connectivity index (χ4n) is 4.51. The third-order valence-electron chi connectivity index (χ3n) is 6.09. The molecule has 0 aromatic rings. The van der Waals surface area contributed by atoms with Crippen LogP contribution in [0.5, 0.6) is 0 Å². The van der Waals surface area contributed by atoms with Crippen LogP contribution in [0.2, 0.25) is 0 Å². The van der Waals surface area contributed by atoms with Crippen LogP contribution in [0.4, 0.5) is 0 Å². The first-order valence-corrected chi connectivity index (χ1v) is 8.69. The van der Waals surface area contributed by atoms with Crippen LogP contribution in [-0.4, -0.2) is 0 Å². The van der Waals surface area contributed by atoms with Gasteiger partial charge in [0.05, 0.1) is 0 Å². The molecule has 2 aliphatic carbocycles. The lowest BCUT2D eigenvalue weighted by Crippen LogP contribution is -2.18. The molecule has 0 aliphatic heterocycles. The zero-order valence-corrected chi connectivity index (χ0v) is 13.0. The SMILES string of the molecule is CCC1CCC(CC2CCCCC(C)C(C)C2)C1. The Morgan fingerprint density at radius 2 is 1.39 bits per heavy atom. The minimum absolute atomic E-state index is 0.971. The maximum atomic E-state index is 2.51. The molecule has 2 fully saturated rings. The summed E-state index contributed by atoms with van der Waals surface area (Å²) in [5.41, 5.74) is 0. The van der Waals surface area contributed by atoms with Crippen LogP contribution in [0.1, 0.15) is 85.0 Å². The van der Waals surface area contributed by atoms with E-state index in [2.05, 4.69) is 20.8 Å². The summed E-state index contributed by atoms with van der Waals surface area (Å²) >= 11 is 0. The molecule has 5 atom stereocenters. The molecule has 106 valence electrons. The predicted octanol–water partition coefficient (Wildman–Crippen LogP) is 6.06. The molecule has 0 radical (unpaired) electrons. The van der Waals surface area contributed by atoms with E-state index in [0.717, 1.165) is 29.6 Å². The second kappa shape index (κ2) is 6.96. The standard InChI is InChI=1S/C18H34/c1-4-16-9-10-18(12-16)13-17-8-6-5-7-14(2)15(3)11-17/h14-18H,4-13H2,1-3H3. The Bertz CT molecular complexity index is 232. The zero-order valence-electron chi connectivity index (χ0n) is 13.0. The summed E-state index contributed by atoms with van der Waals surface area (Å²) in [6.45, 7) is 7.37. The van der Waals surface area contributed by atoms with Crippen molar-refractivity contribution in [3.63, 3.8) is 0 Å². The van der Waals surface area contributed by atoms with Gasteiger partial charge < -0.3 is 0 Å².